The average molecular weight is 261 g/mol. The molecule has 19 heavy (non-hydrogen) atoms. The summed E-state index contributed by atoms with van der Waals surface area (Å²) in [5.41, 5.74) is 2.07. The summed E-state index contributed by atoms with van der Waals surface area (Å²) >= 11 is 0. The van der Waals surface area contributed by atoms with Gasteiger partial charge in [0.25, 0.3) is 0 Å². The van der Waals surface area contributed by atoms with E-state index in [-0.39, 0.29) is 11.8 Å². The molecule has 0 saturated heterocycles. The number of imidazole rings is 1. The number of hydrogen-bond donors (Lipinski definition) is 0. The Labute approximate surface area is 112 Å². The minimum Gasteiger partial charge on any atom is -0.378 e. The summed E-state index contributed by atoms with van der Waals surface area (Å²) in [5.74, 6) is 0.432. The van der Waals surface area contributed by atoms with Crippen LogP contribution in [0, 0.1) is 5.92 Å². The summed E-state index contributed by atoms with van der Waals surface area (Å²) in [6, 6.07) is 0. The van der Waals surface area contributed by atoms with E-state index in [4.69, 9.17) is 4.74 Å². The van der Waals surface area contributed by atoms with E-state index >= 15 is 0 Å². The van der Waals surface area contributed by atoms with Gasteiger partial charge in [-0.3, -0.25) is 4.79 Å². The number of nitrogens with zero attached hydrogens (tertiary/aromatic N) is 3. The van der Waals surface area contributed by atoms with Crippen molar-refractivity contribution in [2.75, 3.05) is 13.7 Å². The van der Waals surface area contributed by atoms with Crippen LogP contribution in [0.1, 0.15) is 24.2 Å². The number of fused-ring (bicyclic) bond motifs is 1. The summed E-state index contributed by atoms with van der Waals surface area (Å²) in [7, 11) is 1.67. The van der Waals surface area contributed by atoms with Crippen LogP contribution in [0.4, 0.5) is 0 Å². The van der Waals surface area contributed by atoms with Gasteiger partial charge >= 0.3 is 0 Å². The van der Waals surface area contributed by atoms with Crippen molar-refractivity contribution in [1.82, 2.24) is 14.5 Å². The van der Waals surface area contributed by atoms with Crippen molar-refractivity contribution in [2.24, 2.45) is 5.92 Å². The summed E-state index contributed by atoms with van der Waals surface area (Å²) in [4.78, 5) is 18.8. The molecule has 2 heterocycles. The van der Waals surface area contributed by atoms with Crippen molar-refractivity contribution < 1.29 is 9.53 Å². The molecule has 1 aromatic rings. The molecule has 5 heteroatoms. The Bertz CT molecular complexity index is 499. The van der Waals surface area contributed by atoms with Gasteiger partial charge < -0.3 is 14.2 Å². The second-order valence-corrected chi connectivity index (χ2v) is 5.16. The first kappa shape index (κ1) is 12.4. The van der Waals surface area contributed by atoms with Crippen molar-refractivity contribution in [3.8, 4) is 0 Å². The number of amides is 1. The SMILES string of the molecule is COCc1ncn2c1CN(C(=O)C1CC=CC1)CC2. The zero-order valence-electron chi connectivity index (χ0n) is 11.2. The van der Waals surface area contributed by atoms with Crippen LogP contribution in [-0.4, -0.2) is 34.0 Å². The second kappa shape index (κ2) is 5.17. The van der Waals surface area contributed by atoms with E-state index in [2.05, 4.69) is 21.7 Å². The number of allylic oxidation sites excluding steroid dienone is 2. The van der Waals surface area contributed by atoms with Crippen LogP contribution in [0.15, 0.2) is 18.5 Å². The lowest BCUT2D eigenvalue weighted by atomic mass is 10.0. The Morgan fingerprint density at radius 3 is 2.95 bits per heavy atom. The van der Waals surface area contributed by atoms with Crippen LogP contribution in [0.5, 0.6) is 0 Å². The maximum Gasteiger partial charge on any atom is 0.226 e. The van der Waals surface area contributed by atoms with Crippen molar-refractivity contribution in [2.45, 2.75) is 32.5 Å². The molecule has 0 fully saturated rings. The first-order valence-electron chi connectivity index (χ1n) is 6.75. The number of carbonyl (C=O) groups excluding carboxylic acids is 1. The Kier molecular flexibility index (Phi) is 3.38. The van der Waals surface area contributed by atoms with Crippen molar-refractivity contribution >= 4 is 5.91 Å². The lowest BCUT2D eigenvalue weighted by molar-refractivity contribution is -0.136. The number of aromatic nitrogens is 2. The minimum absolute atomic E-state index is 0.153. The Morgan fingerprint density at radius 1 is 1.42 bits per heavy atom. The maximum atomic E-state index is 12.4. The molecule has 1 aliphatic heterocycles. The van der Waals surface area contributed by atoms with Crippen LogP contribution in [-0.2, 0) is 29.2 Å². The highest BCUT2D eigenvalue weighted by atomic mass is 16.5. The van der Waals surface area contributed by atoms with E-state index in [1.807, 2.05) is 11.2 Å². The van der Waals surface area contributed by atoms with E-state index in [1.165, 1.54) is 0 Å². The smallest absolute Gasteiger partial charge is 0.226 e. The first-order chi connectivity index (χ1) is 9.29. The van der Waals surface area contributed by atoms with Gasteiger partial charge in [0, 0.05) is 26.1 Å². The number of carbonyl (C=O) groups is 1. The molecule has 1 aliphatic carbocycles. The van der Waals surface area contributed by atoms with Crippen molar-refractivity contribution in [1.29, 1.82) is 0 Å². The average Bonchev–Trinajstić information content (AvgIpc) is 3.08. The van der Waals surface area contributed by atoms with E-state index in [1.54, 1.807) is 7.11 Å². The fraction of sp³-hybridized carbons (Fsp3) is 0.571. The van der Waals surface area contributed by atoms with Gasteiger partial charge in [0.05, 0.1) is 30.9 Å². The van der Waals surface area contributed by atoms with Crippen LogP contribution >= 0.6 is 0 Å². The predicted molar refractivity (Wildman–Crippen MR) is 70.2 cm³/mol. The van der Waals surface area contributed by atoms with Gasteiger partial charge in [0.2, 0.25) is 5.91 Å². The summed E-state index contributed by atoms with van der Waals surface area (Å²) in [6.07, 6.45) is 7.84. The van der Waals surface area contributed by atoms with Gasteiger partial charge in [-0.05, 0) is 12.8 Å². The monoisotopic (exact) mass is 261 g/mol. The highest BCUT2D eigenvalue weighted by molar-refractivity contribution is 5.79. The van der Waals surface area contributed by atoms with Gasteiger partial charge in [-0.15, -0.1) is 0 Å². The van der Waals surface area contributed by atoms with Crippen LogP contribution in [0.2, 0.25) is 0 Å². The minimum atomic E-state index is 0.153. The molecule has 0 aromatic carbocycles. The summed E-state index contributed by atoms with van der Waals surface area (Å²) < 4.78 is 7.29. The molecule has 0 N–H and O–H groups in total. The van der Waals surface area contributed by atoms with Gasteiger partial charge in [0.1, 0.15) is 0 Å². The molecule has 0 unspecified atom stereocenters. The molecule has 2 aliphatic rings. The summed E-state index contributed by atoms with van der Waals surface area (Å²) in [5, 5.41) is 0. The van der Waals surface area contributed by atoms with Crippen molar-refractivity contribution in [3.63, 3.8) is 0 Å². The Hall–Kier alpha value is -1.62. The molecular formula is C14H19N3O2. The lowest BCUT2D eigenvalue weighted by Gasteiger charge is -2.30. The fourth-order valence-corrected chi connectivity index (χ4v) is 2.83. The third-order valence-electron chi connectivity index (χ3n) is 3.93. The zero-order valence-corrected chi connectivity index (χ0v) is 11.2. The number of rotatable bonds is 3. The molecule has 1 aromatic heterocycles. The van der Waals surface area contributed by atoms with Crippen molar-refractivity contribution in [3.05, 3.63) is 29.9 Å². The largest absolute Gasteiger partial charge is 0.378 e. The zero-order chi connectivity index (χ0) is 13.2. The Balaban J connectivity index is 1.73. The van der Waals surface area contributed by atoms with Gasteiger partial charge in [-0.2, -0.15) is 0 Å². The van der Waals surface area contributed by atoms with Gasteiger partial charge in [-0.25, -0.2) is 4.98 Å². The molecule has 0 spiro atoms. The first-order valence-corrected chi connectivity index (χ1v) is 6.75. The molecule has 102 valence electrons. The van der Waals surface area contributed by atoms with E-state index in [9.17, 15) is 4.79 Å². The maximum absolute atomic E-state index is 12.4. The molecular weight excluding hydrogens is 242 g/mol. The quantitative estimate of drug-likeness (QED) is 0.771. The van der Waals surface area contributed by atoms with Gasteiger partial charge in [-0.1, -0.05) is 12.2 Å². The van der Waals surface area contributed by atoms with E-state index in [0.717, 1.165) is 37.3 Å². The van der Waals surface area contributed by atoms with Crippen LogP contribution < -0.4 is 0 Å². The number of hydrogen-bond acceptors (Lipinski definition) is 3. The van der Waals surface area contributed by atoms with E-state index < -0.39 is 0 Å². The third kappa shape index (κ3) is 2.30. The van der Waals surface area contributed by atoms with Crippen LogP contribution in [0.3, 0.4) is 0 Å². The molecule has 0 atom stereocenters. The number of methoxy groups -OCH3 is 1. The standard InChI is InChI=1S/C14H19N3O2/c1-19-9-12-13-8-16(6-7-17(13)10-15-12)14(18)11-4-2-3-5-11/h2-3,10-11H,4-9H2,1H3. The lowest BCUT2D eigenvalue weighted by Crippen LogP contribution is -2.41. The van der Waals surface area contributed by atoms with E-state index in [0.29, 0.717) is 13.2 Å². The molecule has 1 amide bonds. The normalized spacial score (nSPS) is 18.9. The summed E-state index contributed by atoms with van der Waals surface area (Å²) in [6.45, 7) is 2.78. The highest BCUT2D eigenvalue weighted by Gasteiger charge is 2.28. The topological polar surface area (TPSA) is 47.4 Å². The third-order valence-corrected chi connectivity index (χ3v) is 3.93. The molecule has 3 rings (SSSR count). The molecule has 0 radical (unpaired) electrons. The molecule has 0 bridgehead atoms. The fourth-order valence-electron chi connectivity index (χ4n) is 2.83. The van der Waals surface area contributed by atoms with Gasteiger partial charge in [0.15, 0.2) is 0 Å². The van der Waals surface area contributed by atoms with Crippen LogP contribution in [0.25, 0.3) is 0 Å². The molecule has 5 nitrogen and oxygen atoms in total. The number of ether oxygens (including phenoxy) is 1. The second-order valence-electron chi connectivity index (χ2n) is 5.16. The predicted octanol–water partition coefficient (Wildman–Crippen LogP) is 1.34. The molecule has 0 saturated carbocycles. The Morgan fingerprint density at radius 2 is 2.21 bits per heavy atom. The highest BCUT2D eigenvalue weighted by Crippen LogP contribution is 2.24.